The van der Waals surface area contributed by atoms with Gasteiger partial charge in [-0.25, -0.2) is 4.79 Å². The number of fused-ring (bicyclic) bond motifs is 1. The molecule has 1 N–H and O–H groups in total. The van der Waals surface area contributed by atoms with E-state index in [1.165, 1.54) is 9.13 Å². The summed E-state index contributed by atoms with van der Waals surface area (Å²) in [6.07, 6.45) is 4.29. The average Bonchev–Trinajstić information content (AvgIpc) is 3.18. The van der Waals surface area contributed by atoms with Crippen molar-refractivity contribution in [1.82, 2.24) is 14.1 Å². The van der Waals surface area contributed by atoms with Crippen molar-refractivity contribution in [1.29, 1.82) is 0 Å². The number of carbonyl (C=O) groups is 1. The molecule has 0 radical (unpaired) electrons. The number of hydrogen-bond acceptors (Lipinski definition) is 5. The fourth-order valence-corrected chi connectivity index (χ4v) is 3.74. The highest BCUT2D eigenvalue weighted by Gasteiger charge is 2.20. The van der Waals surface area contributed by atoms with Crippen molar-refractivity contribution in [2.75, 3.05) is 7.11 Å². The normalized spacial score (nSPS) is 12.8. The van der Waals surface area contributed by atoms with E-state index in [0.717, 1.165) is 10.9 Å². The Balaban J connectivity index is 1.86. The first kappa shape index (κ1) is 23.8. The van der Waals surface area contributed by atoms with Crippen LogP contribution in [0.25, 0.3) is 23.1 Å². The fourth-order valence-electron chi connectivity index (χ4n) is 3.74. The Hall–Kier alpha value is -4.33. The van der Waals surface area contributed by atoms with E-state index < -0.39 is 17.3 Å². The van der Waals surface area contributed by atoms with Crippen LogP contribution in [0, 0.1) is 0 Å². The molecule has 0 atom stereocenters. The van der Waals surface area contributed by atoms with Crippen molar-refractivity contribution in [3.63, 3.8) is 0 Å². The molecule has 35 heavy (non-hydrogen) atoms. The van der Waals surface area contributed by atoms with Crippen LogP contribution in [0.4, 0.5) is 4.79 Å². The quantitative estimate of drug-likeness (QED) is 0.493. The van der Waals surface area contributed by atoms with Crippen LogP contribution in [0.3, 0.4) is 0 Å². The number of benzene rings is 2. The standard InChI is InChI=1S/C27H27N3O5/c1-27(2,3)35-26(33)30-16-18(20-8-6-7-9-22(20)30)15-21-25(32)29(4)23(24(31)28-21)14-17-10-12-19(34-5)13-11-17/h6-16H,1-5H3,(H,28,31)/b21-15-,23-14-. The predicted molar refractivity (Wildman–Crippen MR) is 135 cm³/mol. The molecule has 0 bridgehead atoms. The van der Waals surface area contributed by atoms with Gasteiger partial charge in [-0.05, 0) is 56.7 Å². The molecule has 0 saturated heterocycles. The van der Waals surface area contributed by atoms with E-state index in [1.54, 1.807) is 83.6 Å². The summed E-state index contributed by atoms with van der Waals surface area (Å²) in [5, 5.41) is 1.07. The molecule has 0 aliphatic heterocycles. The third-order valence-corrected chi connectivity index (χ3v) is 5.43. The first-order valence-electron chi connectivity index (χ1n) is 11.1. The van der Waals surface area contributed by atoms with Crippen LogP contribution in [0.15, 0.2) is 64.3 Å². The Morgan fingerprint density at radius 2 is 1.69 bits per heavy atom. The van der Waals surface area contributed by atoms with Crippen molar-refractivity contribution in [2.24, 2.45) is 7.05 Å². The molecule has 2 heterocycles. The maximum absolute atomic E-state index is 13.1. The zero-order chi connectivity index (χ0) is 25.3. The first-order valence-corrected chi connectivity index (χ1v) is 11.1. The highest BCUT2D eigenvalue weighted by atomic mass is 16.6. The van der Waals surface area contributed by atoms with Crippen LogP contribution in [-0.2, 0) is 11.8 Å². The topological polar surface area (TPSA) is 95.3 Å². The number of nitrogens with one attached hydrogen (secondary N) is 1. The minimum absolute atomic E-state index is 0.108. The minimum atomic E-state index is -0.663. The number of aromatic nitrogens is 3. The molecule has 2 aromatic heterocycles. The Morgan fingerprint density at radius 1 is 1.00 bits per heavy atom. The molecule has 4 aromatic rings. The molecule has 0 amide bonds. The van der Waals surface area contributed by atoms with E-state index in [2.05, 4.69) is 4.98 Å². The van der Waals surface area contributed by atoms with Gasteiger partial charge in [0.05, 0.1) is 12.6 Å². The van der Waals surface area contributed by atoms with E-state index in [0.29, 0.717) is 16.8 Å². The zero-order valence-electron chi connectivity index (χ0n) is 20.3. The SMILES string of the molecule is COc1ccc(/C=c2/c(=O)[nH]/c(=C\c3cn(C(=O)OC(C)(C)C)c4ccccc34)c(=O)n2C)cc1. The molecule has 0 spiro atoms. The highest BCUT2D eigenvalue weighted by Crippen LogP contribution is 2.23. The summed E-state index contributed by atoms with van der Waals surface area (Å²) in [5.41, 5.74) is 0.540. The summed E-state index contributed by atoms with van der Waals surface area (Å²) in [6, 6.07) is 14.5. The lowest BCUT2D eigenvalue weighted by Gasteiger charge is -2.19. The van der Waals surface area contributed by atoms with E-state index in [4.69, 9.17) is 9.47 Å². The number of ether oxygens (including phenoxy) is 2. The van der Waals surface area contributed by atoms with Crippen LogP contribution >= 0.6 is 0 Å². The highest BCUT2D eigenvalue weighted by molar-refractivity contribution is 5.95. The number of hydrogen-bond donors (Lipinski definition) is 1. The lowest BCUT2D eigenvalue weighted by molar-refractivity contribution is 0.0544. The summed E-state index contributed by atoms with van der Waals surface area (Å²) in [6.45, 7) is 5.38. The molecule has 0 aliphatic carbocycles. The van der Waals surface area contributed by atoms with Gasteiger partial charge in [-0.1, -0.05) is 30.3 Å². The van der Waals surface area contributed by atoms with Crippen molar-refractivity contribution in [2.45, 2.75) is 26.4 Å². The van der Waals surface area contributed by atoms with Crippen molar-refractivity contribution >= 4 is 29.1 Å². The molecular weight excluding hydrogens is 446 g/mol. The van der Waals surface area contributed by atoms with Gasteiger partial charge in [-0.15, -0.1) is 0 Å². The van der Waals surface area contributed by atoms with Gasteiger partial charge in [-0.3, -0.25) is 14.2 Å². The van der Waals surface area contributed by atoms with E-state index >= 15 is 0 Å². The van der Waals surface area contributed by atoms with E-state index in [-0.39, 0.29) is 16.3 Å². The van der Waals surface area contributed by atoms with Gasteiger partial charge in [-0.2, -0.15) is 0 Å². The van der Waals surface area contributed by atoms with Gasteiger partial charge in [0.1, 0.15) is 22.0 Å². The second kappa shape index (κ2) is 9.13. The number of aromatic amines is 1. The first-order chi connectivity index (χ1) is 16.6. The fraction of sp³-hybridized carbons (Fsp3) is 0.222. The molecule has 0 aliphatic rings. The molecule has 0 saturated carbocycles. The molecule has 8 nitrogen and oxygen atoms in total. The molecule has 0 fully saturated rings. The molecule has 0 unspecified atom stereocenters. The second-order valence-electron chi connectivity index (χ2n) is 9.13. The zero-order valence-corrected chi connectivity index (χ0v) is 20.3. The monoisotopic (exact) mass is 473 g/mol. The van der Waals surface area contributed by atoms with Crippen molar-refractivity contribution in [3.8, 4) is 5.75 Å². The summed E-state index contributed by atoms with van der Waals surface area (Å²) in [7, 11) is 3.13. The summed E-state index contributed by atoms with van der Waals surface area (Å²) in [4.78, 5) is 41.5. The number of H-pyrrole nitrogens is 1. The van der Waals surface area contributed by atoms with Crippen LogP contribution < -0.4 is 26.6 Å². The van der Waals surface area contributed by atoms with Crippen LogP contribution in [0.1, 0.15) is 31.9 Å². The third-order valence-electron chi connectivity index (χ3n) is 5.43. The third kappa shape index (κ3) is 4.96. The van der Waals surface area contributed by atoms with Crippen molar-refractivity contribution < 1.29 is 14.3 Å². The van der Waals surface area contributed by atoms with Gasteiger partial charge in [0, 0.05) is 24.2 Å². The molecule has 8 heteroatoms. The number of carbonyl (C=O) groups excluding carboxylic acids is 1. The van der Waals surface area contributed by atoms with E-state index in [9.17, 15) is 14.4 Å². The lowest BCUT2D eigenvalue weighted by Crippen LogP contribution is -2.52. The Labute approximate surface area is 201 Å². The average molecular weight is 474 g/mol. The number of methoxy groups -OCH3 is 1. The summed E-state index contributed by atoms with van der Waals surface area (Å²) < 4.78 is 13.4. The number of nitrogens with zero attached hydrogens (tertiary/aromatic N) is 2. The van der Waals surface area contributed by atoms with Crippen LogP contribution in [0.5, 0.6) is 5.75 Å². The Morgan fingerprint density at radius 3 is 2.34 bits per heavy atom. The summed E-state index contributed by atoms with van der Waals surface area (Å²) >= 11 is 0. The smallest absolute Gasteiger partial charge is 0.419 e. The van der Waals surface area contributed by atoms with Gasteiger partial charge < -0.3 is 19.0 Å². The largest absolute Gasteiger partial charge is 0.497 e. The van der Waals surface area contributed by atoms with Crippen LogP contribution in [-0.4, -0.2) is 32.9 Å². The Bertz CT molecular complexity index is 1650. The van der Waals surface area contributed by atoms with Crippen molar-refractivity contribution in [3.05, 3.63) is 97.3 Å². The van der Waals surface area contributed by atoms with Gasteiger partial charge in [0.15, 0.2) is 0 Å². The minimum Gasteiger partial charge on any atom is -0.497 e. The Kier molecular flexibility index (Phi) is 6.22. The van der Waals surface area contributed by atoms with Gasteiger partial charge >= 0.3 is 6.09 Å². The molecule has 4 rings (SSSR count). The molecule has 2 aromatic carbocycles. The lowest BCUT2D eigenvalue weighted by atomic mass is 10.1. The van der Waals surface area contributed by atoms with E-state index in [1.807, 2.05) is 18.2 Å². The summed E-state index contributed by atoms with van der Waals surface area (Å²) in [5.74, 6) is 0.695. The molecule has 180 valence electrons. The maximum atomic E-state index is 13.1. The predicted octanol–water partition coefficient (Wildman–Crippen LogP) is 2.48. The van der Waals surface area contributed by atoms with Gasteiger partial charge in [0.25, 0.3) is 11.1 Å². The van der Waals surface area contributed by atoms with Crippen LogP contribution in [0.2, 0.25) is 0 Å². The number of rotatable bonds is 3. The maximum Gasteiger partial charge on any atom is 0.419 e. The molecular formula is C27H27N3O5. The second-order valence-corrected chi connectivity index (χ2v) is 9.13. The number of para-hydroxylation sites is 1. The van der Waals surface area contributed by atoms with Gasteiger partial charge in [0.2, 0.25) is 0 Å².